The van der Waals surface area contributed by atoms with Crippen LogP contribution in [0.15, 0.2) is 18.2 Å². The van der Waals surface area contributed by atoms with E-state index in [1.54, 1.807) is 0 Å². The van der Waals surface area contributed by atoms with Crippen LogP contribution in [0.25, 0.3) is 0 Å². The molecule has 0 spiro atoms. The summed E-state index contributed by atoms with van der Waals surface area (Å²) in [6.07, 6.45) is 2.69. The van der Waals surface area contributed by atoms with Gasteiger partial charge in [-0.2, -0.15) is 0 Å². The number of hydrogen-bond acceptors (Lipinski definition) is 4. The molecule has 4 heteroatoms. The molecule has 1 aromatic carbocycles. The van der Waals surface area contributed by atoms with Gasteiger partial charge in [0.15, 0.2) is 0 Å². The first-order valence-electron chi connectivity index (χ1n) is 8.24. The topological polar surface area (TPSA) is 27.7 Å². The lowest BCUT2D eigenvalue weighted by Gasteiger charge is -2.30. The first-order chi connectivity index (χ1) is 10.3. The van der Waals surface area contributed by atoms with Crippen molar-refractivity contribution in [2.75, 3.05) is 57.3 Å². The second kappa shape index (κ2) is 7.14. The third kappa shape index (κ3) is 3.89. The molecule has 0 unspecified atom stereocenters. The number of hydrogen-bond donors (Lipinski definition) is 1. The third-order valence-corrected chi connectivity index (χ3v) is 4.50. The van der Waals surface area contributed by atoms with Gasteiger partial charge in [-0.1, -0.05) is 0 Å². The SMILES string of the molecule is Cc1cc(OCCN2CCCC2)ccc1N1CCNCC1. The van der Waals surface area contributed by atoms with Crippen molar-refractivity contribution in [3.05, 3.63) is 23.8 Å². The lowest BCUT2D eigenvalue weighted by atomic mass is 10.1. The van der Waals surface area contributed by atoms with Crippen LogP contribution in [0.4, 0.5) is 5.69 Å². The van der Waals surface area contributed by atoms with Gasteiger partial charge in [-0.3, -0.25) is 4.90 Å². The van der Waals surface area contributed by atoms with Crippen molar-refractivity contribution >= 4 is 5.69 Å². The minimum atomic E-state index is 0.798. The van der Waals surface area contributed by atoms with Gasteiger partial charge in [0.2, 0.25) is 0 Å². The van der Waals surface area contributed by atoms with E-state index in [0.29, 0.717) is 0 Å². The molecule has 0 bridgehead atoms. The molecule has 0 aliphatic carbocycles. The largest absolute Gasteiger partial charge is 0.492 e. The monoisotopic (exact) mass is 289 g/mol. The van der Waals surface area contributed by atoms with Crippen LogP contribution in [0.5, 0.6) is 5.75 Å². The van der Waals surface area contributed by atoms with Crippen molar-refractivity contribution < 1.29 is 4.74 Å². The van der Waals surface area contributed by atoms with E-state index in [4.69, 9.17) is 4.74 Å². The summed E-state index contributed by atoms with van der Waals surface area (Å²) >= 11 is 0. The fourth-order valence-corrected chi connectivity index (χ4v) is 3.28. The average Bonchev–Trinajstić information content (AvgIpc) is 3.02. The average molecular weight is 289 g/mol. The zero-order valence-corrected chi connectivity index (χ0v) is 13.1. The first-order valence-corrected chi connectivity index (χ1v) is 8.24. The van der Waals surface area contributed by atoms with Gasteiger partial charge in [-0.25, -0.2) is 0 Å². The molecule has 4 nitrogen and oxygen atoms in total. The molecule has 0 atom stereocenters. The lowest BCUT2D eigenvalue weighted by molar-refractivity contribution is 0.237. The number of anilines is 1. The lowest BCUT2D eigenvalue weighted by Crippen LogP contribution is -2.43. The van der Waals surface area contributed by atoms with Crippen LogP contribution in [-0.2, 0) is 0 Å². The predicted molar refractivity (Wildman–Crippen MR) is 87.4 cm³/mol. The van der Waals surface area contributed by atoms with Gasteiger partial charge in [0.1, 0.15) is 12.4 Å². The van der Waals surface area contributed by atoms with Crippen molar-refractivity contribution in [3.63, 3.8) is 0 Å². The van der Waals surface area contributed by atoms with Gasteiger partial charge in [-0.15, -0.1) is 0 Å². The van der Waals surface area contributed by atoms with E-state index in [-0.39, 0.29) is 0 Å². The zero-order chi connectivity index (χ0) is 14.5. The van der Waals surface area contributed by atoms with Crippen molar-refractivity contribution in [3.8, 4) is 5.75 Å². The van der Waals surface area contributed by atoms with Gasteiger partial charge in [0.05, 0.1) is 0 Å². The Hall–Kier alpha value is -1.26. The number of aryl methyl sites for hydroxylation is 1. The second-order valence-corrected chi connectivity index (χ2v) is 6.08. The van der Waals surface area contributed by atoms with Crippen molar-refractivity contribution in [1.29, 1.82) is 0 Å². The van der Waals surface area contributed by atoms with E-state index in [2.05, 4.69) is 40.2 Å². The van der Waals surface area contributed by atoms with Crippen molar-refractivity contribution in [2.24, 2.45) is 0 Å². The van der Waals surface area contributed by atoms with Crippen LogP contribution in [0.2, 0.25) is 0 Å². The Kier molecular flexibility index (Phi) is 4.99. The van der Waals surface area contributed by atoms with Gasteiger partial charge in [0, 0.05) is 38.4 Å². The highest BCUT2D eigenvalue weighted by atomic mass is 16.5. The molecule has 0 saturated carbocycles. The number of benzene rings is 1. The number of nitrogens with one attached hydrogen (secondary N) is 1. The maximum Gasteiger partial charge on any atom is 0.119 e. The van der Waals surface area contributed by atoms with E-state index < -0.39 is 0 Å². The van der Waals surface area contributed by atoms with Gasteiger partial charge < -0.3 is 15.0 Å². The normalized spacial score (nSPS) is 20.0. The highest BCUT2D eigenvalue weighted by Gasteiger charge is 2.13. The molecule has 2 saturated heterocycles. The van der Waals surface area contributed by atoms with Crippen LogP contribution in [0.3, 0.4) is 0 Å². The van der Waals surface area contributed by atoms with E-state index in [1.165, 1.54) is 37.2 Å². The molecule has 116 valence electrons. The van der Waals surface area contributed by atoms with E-state index in [0.717, 1.165) is 45.1 Å². The fraction of sp³-hybridized carbons (Fsp3) is 0.647. The van der Waals surface area contributed by atoms with E-state index in [1.807, 2.05) is 0 Å². The molecule has 1 aromatic rings. The minimum Gasteiger partial charge on any atom is -0.492 e. The van der Waals surface area contributed by atoms with Crippen molar-refractivity contribution in [1.82, 2.24) is 10.2 Å². The maximum absolute atomic E-state index is 5.92. The minimum absolute atomic E-state index is 0.798. The Balaban J connectivity index is 1.53. The Morgan fingerprint density at radius 1 is 1.10 bits per heavy atom. The summed E-state index contributed by atoms with van der Waals surface area (Å²) in [6, 6.07) is 6.52. The first kappa shape index (κ1) is 14.7. The molecular formula is C17H27N3O. The molecular weight excluding hydrogens is 262 g/mol. The summed E-state index contributed by atoms with van der Waals surface area (Å²) < 4.78 is 5.92. The number of nitrogens with zero attached hydrogens (tertiary/aromatic N) is 2. The molecule has 3 rings (SSSR count). The summed E-state index contributed by atoms with van der Waals surface area (Å²) in [5.41, 5.74) is 2.67. The second-order valence-electron chi connectivity index (χ2n) is 6.08. The Morgan fingerprint density at radius 2 is 1.86 bits per heavy atom. The fourth-order valence-electron chi connectivity index (χ4n) is 3.28. The number of rotatable bonds is 5. The summed E-state index contributed by atoms with van der Waals surface area (Å²) in [6.45, 7) is 10.9. The smallest absolute Gasteiger partial charge is 0.119 e. The van der Waals surface area contributed by atoms with Crippen LogP contribution >= 0.6 is 0 Å². The van der Waals surface area contributed by atoms with Gasteiger partial charge in [0.25, 0.3) is 0 Å². The molecule has 0 radical (unpaired) electrons. The Bertz CT molecular complexity index is 451. The summed E-state index contributed by atoms with van der Waals surface area (Å²) in [7, 11) is 0. The summed E-state index contributed by atoms with van der Waals surface area (Å²) in [4.78, 5) is 4.95. The molecule has 2 aliphatic rings. The molecule has 0 aromatic heterocycles. The number of piperazine rings is 1. The van der Waals surface area contributed by atoms with Gasteiger partial charge in [-0.05, 0) is 56.6 Å². The molecule has 2 aliphatic heterocycles. The number of ether oxygens (including phenoxy) is 1. The standard InChI is InChI=1S/C17H27N3O/c1-15-14-16(21-13-12-19-8-2-3-9-19)4-5-17(15)20-10-6-18-7-11-20/h4-5,14,18H,2-3,6-13H2,1H3. The van der Waals surface area contributed by atoms with Crippen LogP contribution in [0.1, 0.15) is 18.4 Å². The molecule has 0 amide bonds. The highest BCUT2D eigenvalue weighted by Crippen LogP contribution is 2.25. The van der Waals surface area contributed by atoms with E-state index >= 15 is 0 Å². The maximum atomic E-state index is 5.92. The Morgan fingerprint density at radius 3 is 2.57 bits per heavy atom. The predicted octanol–water partition coefficient (Wildman–Crippen LogP) is 1.88. The third-order valence-electron chi connectivity index (χ3n) is 4.50. The molecule has 2 heterocycles. The zero-order valence-electron chi connectivity index (χ0n) is 13.1. The Labute approximate surface area is 128 Å². The quantitative estimate of drug-likeness (QED) is 0.896. The van der Waals surface area contributed by atoms with Crippen molar-refractivity contribution in [2.45, 2.75) is 19.8 Å². The van der Waals surface area contributed by atoms with Crippen LogP contribution in [-0.4, -0.2) is 57.3 Å². The van der Waals surface area contributed by atoms with Crippen LogP contribution < -0.4 is 15.0 Å². The van der Waals surface area contributed by atoms with Gasteiger partial charge >= 0.3 is 0 Å². The summed E-state index contributed by atoms with van der Waals surface area (Å²) in [5.74, 6) is 1.01. The van der Waals surface area contributed by atoms with Crippen LogP contribution in [0, 0.1) is 6.92 Å². The molecule has 1 N–H and O–H groups in total. The summed E-state index contributed by atoms with van der Waals surface area (Å²) in [5, 5.41) is 3.40. The van der Waals surface area contributed by atoms with E-state index in [9.17, 15) is 0 Å². The number of likely N-dealkylation sites (tertiary alicyclic amines) is 1. The molecule has 2 fully saturated rings. The molecule has 21 heavy (non-hydrogen) atoms. The highest BCUT2D eigenvalue weighted by molar-refractivity contribution is 5.56.